The van der Waals surface area contributed by atoms with E-state index in [9.17, 15) is 0 Å². The highest BCUT2D eigenvalue weighted by Crippen LogP contribution is 2.16. The molecule has 23 heavy (non-hydrogen) atoms. The van der Waals surface area contributed by atoms with Crippen LogP contribution in [0, 0.1) is 0 Å². The Balaban J connectivity index is 0.00000264. The average molecular weight is 445 g/mol. The number of hydrogen-bond acceptors (Lipinski definition) is 3. The summed E-state index contributed by atoms with van der Waals surface area (Å²) in [7, 11) is 1.77. The van der Waals surface area contributed by atoms with Crippen molar-refractivity contribution >= 4 is 47.0 Å². The van der Waals surface area contributed by atoms with Crippen LogP contribution in [-0.2, 0) is 6.42 Å². The van der Waals surface area contributed by atoms with Crippen molar-refractivity contribution in [2.24, 2.45) is 4.99 Å². The van der Waals surface area contributed by atoms with E-state index in [1.54, 1.807) is 18.4 Å². The van der Waals surface area contributed by atoms with Crippen molar-refractivity contribution in [2.45, 2.75) is 26.4 Å². The molecule has 0 aliphatic rings. The van der Waals surface area contributed by atoms with Gasteiger partial charge in [-0.2, -0.15) is 0 Å². The number of rotatable bonds is 6. The molecule has 0 aliphatic heterocycles. The van der Waals surface area contributed by atoms with E-state index in [0.717, 1.165) is 30.4 Å². The van der Waals surface area contributed by atoms with Crippen molar-refractivity contribution in [3.05, 3.63) is 46.7 Å². The Morgan fingerprint density at radius 3 is 2.52 bits per heavy atom. The van der Waals surface area contributed by atoms with Gasteiger partial charge in [0.1, 0.15) is 5.75 Å². The van der Waals surface area contributed by atoms with Crippen molar-refractivity contribution in [3.8, 4) is 5.75 Å². The highest BCUT2D eigenvalue weighted by atomic mass is 127. The topological polar surface area (TPSA) is 45.7 Å². The fraction of sp³-hybridized carbons (Fsp3) is 0.353. The molecule has 1 aromatic carbocycles. The molecule has 6 heteroatoms. The predicted octanol–water partition coefficient (Wildman–Crippen LogP) is 4.38. The van der Waals surface area contributed by atoms with Gasteiger partial charge in [-0.15, -0.1) is 35.3 Å². The first-order chi connectivity index (χ1) is 10.7. The number of nitrogens with one attached hydrogen (secondary N) is 2. The fourth-order valence-corrected chi connectivity index (χ4v) is 2.67. The lowest BCUT2D eigenvalue weighted by Gasteiger charge is -2.13. The first kappa shape index (κ1) is 19.8. The largest absolute Gasteiger partial charge is 0.491 e. The third-order valence-corrected chi connectivity index (χ3v) is 3.89. The molecule has 1 aromatic heterocycles. The Kier molecular flexibility index (Phi) is 9.01. The van der Waals surface area contributed by atoms with E-state index < -0.39 is 0 Å². The van der Waals surface area contributed by atoms with Crippen molar-refractivity contribution in [3.63, 3.8) is 0 Å². The lowest BCUT2D eigenvalue weighted by atomic mass is 10.3. The van der Waals surface area contributed by atoms with Gasteiger partial charge in [0.2, 0.25) is 0 Å². The number of aliphatic imine (C=N–C) groups is 1. The number of hydrogen-bond donors (Lipinski definition) is 2. The molecule has 0 bridgehead atoms. The van der Waals surface area contributed by atoms with Gasteiger partial charge in [-0.25, -0.2) is 0 Å². The summed E-state index contributed by atoms with van der Waals surface area (Å²) in [6, 6.07) is 12.1. The van der Waals surface area contributed by atoms with Gasteiger partial charge in [-0.05, 0) is 56.0 Å². The second-order valence-electron chi connectivity index (χ2n) is 5.14. The minimum Gasteiger partial charge on any atom is -0.491 e. The van der Waals surface area contributed by atoms with E-state index >= 15 is 0 Å². The third kappa shape index (κ3) is 7.22. The van der Waals surface area contributed by atoms with Gasteiger partial charge in [0.15, 0.2) is 5.96 Å². The van der Waals surface area contributed by atoms with Crippen molar-refractivity contribution in [1.82, 2.24) is 5.32 Å². The zero-order valence-electron chi connectivity index (χ0n) is 13.7. The minimum absolute atomic E-state index is 0. The Bertz CT molecular complexity index is 582. The molecule has 1 heterocycles. The number of halogens is 1. The van der Waals surface area contributed by atoms with E-state index in [0.29, 0.717) is 0 Å². The smallest absolute Gasteiger partial charge is 0.195 e. The van der Waals surface area contributed by atoms with Gasteiger partial charge < -0.3 is 15.4 Å². The number of guanidine groups is 1. The standard InChI is InChI=1S/C17H23N3OS.HI/c1-13(2)21-15-8-6-14(7-9-15)20-17(18-3)19-11-10-16-5-4-12-22-16;/h4-9,12-13H,10-11H2,1-3H3,(H2,18,19,20);1H. The van der Waals surface area contributed by atoms with Gasteiger partial charge in [0, 0.05) is 24.2 Å². The van der Waals surface area contributed by atoms with Crippen LogP contribution in [0.15, 0.2) is 46.8 Å². The maximum atomic E-state index is 5.63. The number of benzene rings is 1. The number of ether oxygens (including phenoxy) is 1. The monoisotopic (exact) mass is 445 g/mol. The molecular formula is C17H24IN3OS. The molecule has 2 aromatic rings. The first-order valence-corrected chi connectivity index (χ1v) is 8.32. The summed E-state index contributed by atoms with van der Waals surface area (Å²) >= 11 is 1.78. The van der Waals surface area contributed by atoms with Gasteiger partial charge >= 0.3 is 0 Å². The highest BCUT2D eigenvalue weighted by molar-refractivity contribution is 14.0. The van der Waals surface area contributed by atoms with E-state index in [-0.39, 0.29) is 30.1 Å². The van der Waals surface area contributed by atoms with Gasteiger partial charge in [0.05, 0.1) is 6.10 Å². The molecule has 126 valence electrons. The van der Waals surface area contributed by atoms with Crippen LogP contribution in [0.2, 0.25) is 0 Å². The van der Waals surface area contributed by atoms with E-state index in [4.69, 9.17) is 4.74 Å². The van der Waals surface area contributed by atoms with E-state index in [1.807, 2.05) is 38.1 Å². The molecule has 0 amide bonds. The zero-order chi connectivity index (χ0) is 15.8. The number of nitrogens with zero attached hydrogens (tertiary/aromatic N) is 1. The molecule has 0 atom stereocenters. The summed E-state index contributed by atoms with van der Waals surface area (Å²) in [6.07, 6.45) is 1.19. The van der Waals surface area contributed by atoms with Gasteiger partial charge in [-0.1, -0.05) is 6.07 Å². The SMILES string of the molecule is CN=C(NCCc1cccs1)Nc1ccc(OC(C)C)cc1.I. The van der Waals surface area contributed by atoms with Crippen LogP contribution in [0.1, 0.15) is 18.7 Å². The molecule has 0 fully saturated rings. The molecule has 0 spiro atoms. The Morgan fingerprint density at radius 2 is 1.96 bits per heavy atom. The molecular weight excluding hydrogens is 421 g/mol. The van der Waals surface area contributed by atoms with Crippen molar-refractivity contribution in [1.29, 1.82) is 0 Å². The lowest BCUT2D eigenvalue weighted by Crippen LogP contribution is -2.32. The molecule has 2 rings (SSSR count). The minimum atomic E-state index is 0. The zero-order valence-corrected chi connectivity index (χ0v) is 16.9. The van der Waals surface area contributed by atoms with Crippen LogP contribution in [0.25, 0.3) is 0 Å². The highest BCUT2D eigenvalue weighted by Gasteiger charge is 2.01. The predicted molar refractivity (Wildman–Crippen MR) is 111 cm³/mol. The number of thiophene rings is 1. The molecule has 0 saturated carbocycles. The quantitative estimate of drug-likeness (QED) is 0.394. The van der Waals surface area contributed by atoms with Gasteiger partial charge in [-0.3, -0.25) is 4.99 Å². The summed E-state index contributed by atoms with van der Waals surface area (Å²) < 4.78 is 5.63. The molecule has 0 radical (unpaired) electrons. The van der Waals surface area contributed by atoms with Crippen molar-refractivity contribution < 1.29 is 4.74 Å². The summed E-state index contributed by atoms with van der Waals surface area (Å²) in [5.41, 5.74) is 0.986. The Morgan fingerprint density at radius 1 is 1.22 bits per heavy atom. The third-order valence-electron chi connectivity index (χ3n) is 2.96. The van der Waals surface area contributed by atoms with Crippen LogP contribution in [-0.4, -0.2) is 25.7 Å². The van der Waals surface area contributed by atoms with Crippen LogP contribution in [0.5, 0.6) is 5.75 Å². The molecule has 0 aliphatic carbocycles. The maximum absolute atomic E-state index is 5.63. The fourth-order valence-electron chi connectivity index (χ4n) is 1.96. The molecule has 0 saturated heterocycles. The van der Waals surface area contributed by atoms with E-state index in [1.165, 1.54) is 4.88 Å². The molecule has 2 N–H and O–H groups in total. The Labute approximate surface area is 159 Å². The second-order valence-corrected chi connectivity index (χ2v) is 6.18. The number of anilines is 1. The second kappa shape index (κ2) is 10.5. The summed E-state index contributed by atoms with van der Waals surface area (Å²) in [4.78, 5) is 5.61. The summed E-state index contributed by atoms with van der Waals surface area (Å²) in [5, 5.41) is 8.69. The molecule has 0 unspecified atom stereocenters. The van der Waals surface area contributed by atoms with Gasteiger partial charge in [0.25, 0.3) is 0 Å². The van der Waals surface area contributed by atoms with Crippen LogP contribution in [0.4, 0.5) is 5.69 Å². The maximum Gasteiger partial charge on any atom is 0.195 e. The van der Waals surface area contributed by atoms with Crippen molar-refractivity contribution in [2.75, 3.05) is 18.9 Å². The lowest BCUT2D eigenvalue weighted by molar-refractivity contribution is 0.242. The van der Waals surface area contributed by atoms with Crippen LogP contribution < -0.4 is 15.4 Å². The summed E-state index contributed by atoms with van der Waals surface area (Å²) in [6.45, 7) is 4.89. The first-order valence-electron chi connectivity index (χ1n) is 7.44. The average Bonchev–Trinajstić information content (AvgIpc) is 3.01. The Hall–Kier alpha value is -1.28. The normalized spacial score (nSPS) is 11.0. The van der Waals surface area contributed by atoms with Crippen LogP contribution >= 0.6 is 35.3 Å². The molecule has 4 nitrogen and oxygen atoms in total. The van der Waals surface area contributed by atoms with Crippen LogP contribution in [0.3, 0.4) is 0 Å². The van der Waals surface area contributed by atoms with E-state index in [2.05, 4.69) is 33.1 Å². The summed E-state index contributed by atoms with van der Waals surface area (Å²) in [5.74, 6) is 1.65.